The molecule has 0 aromatic heterocycles. The summed E-state index contributed by atoms with van der Waals surface area (Å²) in [6.45, 7) is 0. The van der Waals surface area contributed by atoms with E-state index in [1.165, 1.54) is 12.1 Å². The molecule has 2 aromatic carbocycles. The third kappa shape index (κ3) is 3.94. The summed E-state index contributed by atoms with van der Waals surface area (Å²) in [4.78, 5) is 0.208. The molecule has 1 atom stereocenters. The van der Waals surface area contributed by atoms with Crippen LogP contribution >= 0.6 is 31.9 Å². The molecule has 0 bridgehead atoms. The Labute approximate surface area is 141 Å². The number of rotatable bonds is 5. The third-order valence-electron chi connectivity index (χ3n) is 3.11. The van der Waals surface area contributed by atoms with Gasteiger partial charge in [0.25, 0.3) is 0 Å². The van der Waals surface area contributed by atoms with Gasteiger partial charge in [0.15, 0.2) is 9.84 Å². The Morgan fingerprint density at radius 1 is 1.05 bits per heavy atom. The van der Waals surface area contributed by atoms with Crippen LogP contribution in [0.15, 0.2) is 64.0 Å². The monoisotopic (exact) mass is 432 g/mol. The lowest BCUT2D eigenvalue weighted by molar-refractivity contribution is 0.0885. The largest absolute Gasteiger partial charge is 0.383 e. The maximum atomic E-state index is 12.5. The zero-order valence-electron chi connectivity index (χ0n) is 11.0. The third-order valence-corrected chi connectivity index (χ3v) is 6.38. The second kappa shape index (κ2) is 6.60. The van der Waals surface area contributed by atoms with Crippen molar-refractivity contribution in [3.8, 4) is 0 Å². The summed E-state index contributed by atoms with van der Waals surface area (Å²) in [6, 6.07) is 15.2. The van der Waals surface area contributed by atoms with Crippen molar-refractivity contribution in [2.75, 3.05) is 11.1 Å². The fourth-order valence-corrected chi connectivity index (χ4v) is 4.82. The number of hydrogen-bond donors (Lipinski definition) is 1. The molecule has 3 nitrogen and oxygen atoms in total. The molecule has 0 aliphatic rings. The highest BCUT2D eigenvalue weighted by atomic mass is 79.9. The maximum Gasteiger partial charge on any atom is 0.181 e. The van der Waals surface area contributed by atoms with Crippen LogP contribution in [0.1, 0.15) is 5.56 Å². The van der Waals surface area contributed by atoms with E-state index in [1.807, 2.05) is 6.07 Å². The van der Waals surface area contributed by atoms with Gasteiger partial charge in [0.2, 0.25) is 0 Å². The Kier molecular flexibility index (Phi) is 5.24. The van der Waals surface area contributed by atoms with Crippen LogP contribution in [0.4, 0.5) is 0 Å². The van der Waals surface area contributed by atoms with Crippen molar-refractivity contribution < 1.29 is 13.5 Å². The minimum absolute atomic E-state index is 0.127. The first-order valence-electron chi connectivity index (χ1n) is 6.20. The van der Waals surface area contributed by atoms with Crippen LogP contribution in [0.3, 0.4) is 0 Å². The molecule has 1 N–H and O–H groups in total. The fourth-order valence-electron chi connectivity index (χ4n) is 2.00. The Bertz CT molecular complexity index is 717. The number of aliphatic hydroxyl groups is 1. The predicted molar refractivity (Wildman–Crippen MR) is 90.3 cm³/mol. The van der Waals surface area contributed by atoms with Crippen molar-refractivity contribution in [3.05, 3.63) is 64.6 Å². The molecular formula is C15H14Br2O3S. The second-order valence-corrected chi connectivity index (χ2v) is 8.21. The van der Waals surface area contributed by atoms with Crippen molar-refractivity contribution in [2.45, 2.75) is 10.5 Å². The Hall–Kier alpha value is -0.690. The van der Waals surface area contributed by atoms with Crippen molar-refractivity contribution in [3.63, 3.8) is 0 Å². The van der Waals surface area contributed by atoms with E-state index in [2.05, 4.69) is 31.9 Å². The summed E-state index contributed by atoms with van der Waals surface area (Å²) in [7, 11) is -3.59. The number of alkyl halides is 1. The topological polar surface area (TPSA) is 54.4 Å². The van der Waals surface area contributed by atoms with Crippen LogP contribution in [0.25, 0.3) is 0 Å². The van der Waals surface area contributed by atoms with Crippen molar-refractivity contribution in [1.82, 2.24) is 0 Å². The summed E-state index contributed by atoms with van der Waals surface area (Å²) in [5.74, 6) is -0.383. The molecule has 0 radical (unpaired) electrons. The minimum Gasteiger partial charge on any atom is -0.383 e. The van der Waals surface area contributed by atoms with Gasteiger partial charge < -0.3 is 5.11 Å². The zero-order valence-corrected chi connectivity index (χ0v) is 15.0. The number of halogens is 2. The molecule has 2 aromatic rings. The van der Waals surface area contributed by atoms with Gasteiger partial charge in [0.05, 0.1) is 10.6 Å². The molecule has 0 fully saturated rings. The van der Waals surface area contributed by atoms with E-state index >= 15 is 0 Å². The van der Waals surface area contributed by atoms with Crippen LogP contribution < -0.4 is 0 Å². The van der Waals surface area contributed by atoms with Crippen LogP contribution in [0, 0.1) is 0 Å². The Morgan fingerprint density at radius 3 is 2.29 bits per heavy atom. The molecule has 21 heavy (non-hydrogen) atoms. The second-order valence-electron chi connectivity index (χ2n) is 4.75. The summed E-state index contributed by atoms with van der Waals surface area (Å²) in [6.07, 6.45) is 0. The van der Waals surface area contributed by atoms with E-state index < -0.39 is 15.4 Å². The highest BCUT2D eigenvalue weighted by molar-refractivity contribution is 9.10. The van der Waals surface area contributed by atoms with E-state index in [0.29, 0.717) is 5.56 Å². The summed E-state index contributed by atoms with van der Waals surface area (Å²) >= 11 is 6.56. The lowest BCUT2D eigenvalue weighted by Crippen LogP contribution is -2.36. The normalized spacial score (nSPS) is 14.6. The Balaban J connectivity index is 2.39. The van der Waals surface area contributed by atoms with Gasteiger partial charge in [0.1, 0.15) is 5.60 Å². The number of benzene rings is 2. The predicted octanol–water partition coefficient (Wildman–Crippen LogP) is 3.51. The molecule has 0 saturated carbocycles. The van der Waals surface area contributed by atoms with E-state index in [9.17, 15) is 13.5 Å². The van der Waals surface area contributed by atoms with Crippen LogP contribution in [0.5, 0.6) is 0 Å². The molecular weight excluding hydrogens is 420 g/mol. The zero-order chi connectivity index (χ0) is 15.5. The molecule has 0 spiro atoms. The van der Waals surface area contributed by atoms with Gasteiger partial charge in [-0.15, -0.1) is 0 Å². The van der Waals surface area contributed by atoms with Gasteiger partial charge >= 0.3 is 0 Å². The van der Waals surface area contributed by atoms with Crippen LogP contribution in [-0.4, -0.2) is 24.6 Å². The smallest absolute Gasteiger partial charge is 0.181 e. The van der Waals surface area contributed by atoms with E-state index in [4.69, 9.17) is 0 Å². The van der Waals surface area contributed by atoms with Gasteiger partial charge in [-0.1, -0.05) is 62.2 Å². The molecule has 1 unspecified atom stereocenters. The summed E-state index contributed by atoms with van der Waals surface area (Å²) in [5.41, 5.74) is -0.938. The highest BCUT2D eigenvalue weighted by Gasteiger charge is 2.35. The van der Waals surface area contributed by atoms with Gasteiger partial charge in [-0.05, 0) is 29.8 Å². The van der Waals surface area contributed by atoms with E-state index in [0.717, 1.165) is 4.47 Å². The molecule has 0 saturated heterocycles. The molecule has 2 rings (SSSR count). The first kappa shape index (κ1) is 16.7. The van der Waals surface area contributed by atoms with Gasteiger partial charge in [-0.3, -0.25) is 0 Å². The lowest BCUT2D eigenvalue weighted by atomic mass is 9.98. The first-order chi connectivity index (χ1) is 9.87. The number of hydrogen-bond acceptors (Lipinski definition) is 3. The maximum absolute atomic E-state index is 12.5. The average Bonchev–Trinajstić information content (AvgIpc) is 2.47. The van der Waals surface area contributed by atoms with E-state index in [1.54, 1.807) is 36.4 Å². The van der Waals surface area contributed by atoms with Crippen molar-refractivity contribution >= 4 is 41.7 Å². The Morgan fingerprint density at radius 2 is 1.71 bits per heavy atom. The molecule has 112 valence electrons. The molecule has 0 aliphatic heterocycles. The quantitative estimate of drug-likeness (QED) is 0.734. The first-order valence-corrected chi connectivity index (χ1v) is 9.76. The van der Waals surface area contributed by atoms with Crippen molar-refractivity contribution in [1.29, 1.82) is 0 Å². The summed E-state index contributed by atoms with van der Waals surface area (Å²) < 4.78 is 25.7. The SMILES string of the molecule is O=S(=O)(CC(O)(CBr)c1cccc(Br)c1)c1ccccc1. The molecule has 0 heterocycles. The highest BCUT2D eigenvalue weighted by Crippen LogP contribution is 2.29. The molecule has 6 heteroatoms. The van der Waals surface area contributed by atoms with Crippen LogP contribution in [0.2, 0.25) is 0 Å². The lowest BCUT2D eigenvalue weighted by Gasteiger charge is -2.26. The average molecular weight is 434 g/mol. The summed E-state index contributed by atoms with van der Waals surface area (Å²) in [5, 5.41) is 10.9. The van der Waals surface area contributed by atoms with Crippen molar-refractivity contribution in [2.24, 2.45) is 0 Å². The minimum atomic E-state index is -3.59. The van der Waals surface area contributed by atoms with Gasteiger partial charge in [-0.2, -0.15) is 0 Å². The van der Waals surface area contributed by atoms with Gasteiger partial charge in [0, 0.05) is 9.80 Å². The standard InChI is InChI=1S/C15H14Br2O3S/c16-10-15(18,12-5-4-6-13(17)9-12)11-21(19,20)14-7-2-1-3-8-14/h1-9,18H,10-11H2. The number of sulfone groups is 1. The fraction of sp³-hybridized carbons (Fsp3) is 0.200. The molecule has 0 aliphatic carbocycles. The molecule has 0 amide bonds. The van der Waals surface area contributed by atoms with E-state index in [-0.39, 0.29) is 16.0 Å². The van der Waals surface area contributed by atoms with Gasteiger partial charge in [-0.25, -0.2) is 8.42 Å². The van der Waals surface area contributed by atoms with Crippen LogP contribution in [-0.2, 0) is 15.4 Å².